The van der Waals surface area contributed by atoms with Gasteiger partial charge in [0.15, 0.2) is 6.23 Å². The third kappa shape index (κ3) is 7.10. The summed E-state index contributed by atoms with van der Waals surface area (Å²) in [4.78, 5) is 19.1. The molecule has 0 N–H and O–H groups in total. The van der Waals surface area contributed by atoms with Crippen molar-refractivity contribution in [3.8, 4) is 23.0 Å². The van der Waals surface area contributed by atoms with E-state index in [4.69, 9.17) is 24.3 Å². The Bertz CT molecular complexity index is 1890. The van der Waals surface area contributed by atoms with Crippen LogP contribution in [0.2, 0.25) is 0 Å². The van der Waals surface area contributed by atoms with Crippen LogP contribution >= 0.6 is 0 Å². The van der Waals surface area contributed by atoms with E-state index in [1.54, 1.807) is 15.6 Å². The second-order valence-electron chi connectivity index (χ2n) is 12.6. The summed E-state index contributed by atoms with van der Waals surface area (Å²) in [5.41, 5.74) is -5.04. The summed E-state index contributed by atoms with van der Waals surface area (Å²) in [6, 6.07) is 13.1. The number of rotatable bonds is 6. The Morgan fingerprint density at radius 2 is 1.72 bits per heavy atom. The van der Waals surface area contributed by atoms with Gasteiger partial charge < -0.3 is 23.3 Å². The van der Waals surface area contributed by atoms with Gasteiger partial charge in [-0.1, -0.05) is 18.2 Å². The summed E-state index contributed by atoms with van der Waals surface area (Å²) in [7, 11) is -5.90. The molecule has 0 aliphatic carbocycles. The van der Waals surface area contributed by atoms with Crippen LogP contribution in [0.3, 0.4) is 0 Å². The van der Waals surface area contributed by atoms with Gasteiger partial charge in [-0.25, -0.2) is 14.5 Å². The van der Waals surface area contributed by atoms with Crippen molar-refractivity contribution >= 4 is 37.9 Å². The van der Waals surface area contributed by atoms with E-state index in [0.717, 1.165) is 29.7 Å². The summed E-state index contributed by atoms with van der Waals surface area (Å²) < 4.78 is 87.1. The molecule has 0 saturated carbocycles. The minimum absolute atomic E-state index is 0.252. The molecule has 0 spiro atoms. The van der Waals surface area contributed by atoms with E-state index >= 15 is 0 Å². The highest BCUT2D eigenvalue weighted by Gasteiger charge is 2.48. The number of piperidine rings is 1. The number of hydrogen-bond donors (Lipinski definition) is 0. The first-order valence-corrected chi connectivity index (χ1v) is 16.8. The smallest absolute Gasteiger partial charge is 0.474 e. The molecule has 0 bridgehead atoms. The van der Waals surface area contributed by atoms with E-state index in [9.17, 15) is 26.4 Å². The van der Waals surface area contributed by atoms with Crippen LogP contribution in [0, 0.1) is 0 Å². The fraction of sp³-hybridized carbons (Fsp3) is 0.469. The van der Waals surface area contributed by atoms with E-state index in [1.807, 2.05) is 45.0 Å². The number of benzene rings is 2. The standard InChI is InChI=1S/C32H35F3N4O7S/c1-31(2,3)45-30(40)38-15-13-21(14-16-38)44-29-23-9-5-4-8-20(23)18-25(36-29)28-24-19-22(46-47(41,42)32(33,34)35)11-12-26(24)39(37-28)27-10-6-7-17-43-27/h4-5,8-9,11-12,18-19,21,27H,6-7,10,13-17H2,1-3H3. The first-order chi connectivity index (χ1) is 22.2. The molecular weight excluding hydrogens is 641 g/mol. The van der Waals surface area contributed by atoms with E-state index in [-0.39, 0.29) is 12.2 Å². The zero-order valence-corrected chi connectivity index (χ0v) is 26.9. The van der Waals surface area contributed by atoms with Gasteiger partial charge in [-0.15, -0.1) is 0 Å². The molecule has 252 valence electrons. The number of hydrogen-bond acceptors (Lipinski definition) is 9. The number of fused-ring (bicyclic) bond motifs is 2. The van der Waals surface area contributed by atoms with E-state index in [1.165, 1.54) is 12.1 Å². The normalized spacial score (nSPS) is 18.4. The molecule has 2 fully saturated rings. The van der Waals surface area contributed by atoms with Crippen LogP contribution in [-0.2, 0) is 19.6 Å². The molecule has 47 heavy (non-hydrogen) atoms. The summed E-state index contributed by atoms with van der Waals surface area (Å²) in [6.45, 7) is 6.85. The number of halogens is 3. The van der Waals surface area contributed by atoms with Crippen LogP contribution in [0.1, 0.15) is 59.1 Å². The third-order valence-electron chi connectivity index (χ3n) is 7.92. The van der Waals surface area contributed by atoms with Gasteiger partial charge in [0.1, 0.15) is 23.1 Å². The van der Waals surface area contributed by atoms with E-state index < -0.39 is 33.2 Å². The number of alkyl halides is 3. The molecule has 0 radical (unpaired) electrons. The van der Waals surface area contributed by atoms with Gasteiger partial charge in [0, 0.05) is 43.3 Å². The summed E-state index contributed by atoms with van der Waals surface area (Å²) >= 11 is 0. The maximum atomic E-state index is 13.1. The van der Waals surface area contributed by atoms with Gasteiger partial charge in [0.05, 0.1) is 11.2 Å². The van der Waals surface area contributed by atoms with Crippen LogP contribution in [0.25, 0.3) is 33.1 Å². The lowest BCUT2D eigenvalue weighted by Crippen LogP contribution is -2.44. The average molecular weight is 677 g/mol. The zero-order valence-electron chi connectivity index (χ0n) is 26.1. The predicted molar refractivity (Wildman–Crippen MR) is 166 cm³/mol. The number of likely N-dealkylation sites (tertiary alicyclic amines) is 1. The number of aromatic nitrogens is 3. The molecule has 4 heterocycles. The van der Waals surface area contributed by atoms with Gasteiger partial charge in [0.25, 0.3) is 0 Å². The van der Waals surface area contributed by atoms with Crippen molar-refractivity contribution in [3.63, 3.8) is 0 Å². The van der Waals surface area contributed by atoms with Crippen LogP contribution in [0.5, 0.6) is 11.6 Å². The van der Waals surface area contributed by atoms with Crippen molar-refractivity contribution in [2.75, 3.05) is 19.7 Å². The molecule has 4 aromatic rings. The maximum absolute atomic E-state index is 13.1. The number of carbonyl (C=O) groups excluding carboxylic acids is 1. The van der Waals surface area contributed by atoms with Crippen molar-refractivity contribution < 1.29 is 44.8 Å². The van der Waals surface area contributed by atoms with Gasteiger partial charge in [-0.05, 0) is 75.8 Å². The molecule has 15 heteroatoms. The summed E-state index contributed by atoms with van der Waals surface area (Å²) in [5.74, 6) is -0.188. The lowest BCUT2D eigenvalue weighted by molar-refractivity contribution is -0.0500. The fourth-order valence-electron chi connectivity index (χ4n) is 5.69. The molecule has 1 amide bonds. The number of carbonyl (C=O) groups is 1. The van der Waals surface area contributed by atoms with E-state index in [2.05, 4.69) is 4.18 Å². The Morgan fingerprint density at radius 3 is 2.40 bits per heavy atom. The molecule has 2 saturated heterocycles. The van der Waals surface area contributed by atoms with Crippen molar-refractivity contribution in [2.24, 2.45) is 0 Å². The van der Waals surface area contributed by atoms with Gasteiger partial charge in [-0.2, -0.15) is 26.7 Å². The van der Waals surface area contributed by atoms with Crippen LogP contribution in [-0.4, -0.2) is 71.1 Å². The number of nitrogens with zero attached hydrogens (tertiary/aromatic N) is 4. The molecule has 6 rings (SSSR count). The second-order valence-corrected chi connectivity index (χ2v) is 14.1. The maximum Gasteiger partial charge on any atom is 0.534 e. The molecule has 2 aromatic carbocycles. The highest BCUT2D eigenvalue weighted by Crippen LogP contribution is 2.38. The number of pyridine rings is 1. The first kappa shape index (κ1) is 32.8. The van der Waals surface area contributed by atoms with Crippen molar-refractivity contribution in [3.05, 3.63) is 48.5 Å². The second kappa shape index (κ2) is 12.5. The predicted octanol–water partition coefficient (Wildman–Crippen LogP) is 6.96. The summed E-state index contributed by atoms with van der Waals surface area (Å²) in [5, 5.41) is 6.66. The lowest BCUT2D eigenvalue weighted by Gasteiger charge is -2.33. The quantitative estimate of drug-likeness (QED) is 0.158. The molecular formula is C32H35F3N4O7S. The Labute approximate surface area is 269 Å². The van der Waals surface area contributed by atoms with Crippen molar-refractivity contribution in [1.82, 2.24) is 19.7 Å². The Balaban J connectivity index is 1.37. The number of amides is 1. The molecule has 2 aliphatic heterocycles. The molecule has 2 aliphatic rings. The van der Waals surface area contributed by atoms with Crippen molar-refractivity contribution in [1.29, 1.82) is 0 Å². The summed E-state index contributed by atoms with van der Waals surface area (Å²) in [6.07, 6.45) is 2.48. The van der Waals surface area contributed by atoms with Gasteiger partial charge in [0.2, 0.25) is 5.88 Å². The molecule has 1 atom stereocenters. The average Bonchev–Trinajstić information content (AvgIpc) is 3.39. The zero-order chi connectivity index (χ0) is 33.6. The SMILES string of the molecule is CC(C)(C)OC(=O)N1CCC(Oc2nc(-c3nn(C4CCCCO4)c4ccc(OS(=O)(=O)C(F)(F)F)cc34)cc3ccccc23)CC1. The molecule has 2 aromatic heterocycles. The minimum Gasteiger partial charge on any atom is -0.474 e. The first-order valence-electron chi connectivity index (χ1n) is 15.4. The largest absolute Gasteiger partial charge is 0.534 e. The van der Waals surface area contributed by atoms with Gasteiger partial charge in [-0.3, -0.25) is 0 Å². The van der Waals surface area contributed by atoms with Crippen LogP contribution in [0.15, 0.2) is 48.5 Å². The third-order valence-corrected chi connectivity index (χ3v) is 8.89. The lowest BCUT2D eigenvalue weighted by atomic mass is 10.1. The Kier molecular flexibility index (Phi) is 8.72. The number of ether oxygens (including phenoxy) is 3. The van der Waals surface area contributed by atoms with Crippen LogP contribution < -0.4 is 8.92 Å². The van der Waals surface area contributed by atoms with Crippen molar-refractivity contribution in [2.45, 2.75) is 76.3 Å². The fourth-order valence-corrected chi connectivity index (χ4v) is 6.14. The molecule has 1 unspecified atom stereocenters. The highest BCUT2D eigenvalue weighted by molar-refractivity contribution is 7.88. The van der Waals surface area contributed by atoms with Gasteiger partial charge >= 0.3 is 21.7 Å². The Hall–Kier alpha value is -4.11. The highest BCUT2D eigenvalue weighted by atomic mass is 32.2. The Morgan fingerprint density at radius 1 is 0.979 bits per heavy atom. The topological polar surface area (TPSA) is 122 Å². The minimum atomic E-state index is -5.90. The van der Waals surface area contributed by atoms with E-state index in [0.29, 0.717) is 67.1 Å². The monoisotopic (exact) mass is 676 g/mol. The molecule has 11 nitrogen and oxygen atoms in total. The van der Waals surface area contributed by atoms with Crippen LogP contribution in [0.4, 0.5) is 18.0 Å².